The van der Waals surface area contributed by atoms with E-state index in [4.69, 9.17) is 4.74 Å². The van der Waals surface area contributed by atoms with E-state index in [9.17, 15) is 4.79 Å². The van der Waals surface area contributed by atoms with Crippen LogP contribution in [0.2, 0.25) is 0 Å². The van der Waals surface area contributed by atoms with Gasteiger partial charge in [-0.1, -0.05) is 36.4 Å². The average Bonchev–Trinajstić information content (AvgIpc) is 3.14. The van der Waals surface area contributed by atoms with Crippen LogP contribution in [0.1, 0.15) is 17.5 Å². The molecule has 1 heterocycles. The summed E-state index contributed by atoms with van der Waals surface area (Å²) in [6.07, 6.45) is 3.25. The van der Waals surface area contributed by atoms with E-state index in [1.54, 1.807) is 12.0 Å². The number of aryl methyl sites for hydroxylation is 1. The van der Waals surface area contributed by atoms with Gasteiger partial charge in [0.15, 0.2) is 0 Å². The summed E-state index contributed by atoms with van der Waals surface area (Å²) in [6.45, 7) is 0.606. The number of ether oxygens (including phenoxy) is 1. The zero-order valence-corrected chi connectivity index (χ0v) is 16.2. The van der Waals surface area contributed by atoms with E-state index in [2.05, 4.69) is 41.4 Å². The fraction of sp³-hybridized carbons (Fsp3) is 0.208. The number of carbonyl (C=O) groups is 1. The minimum atomic E-state index is 0.153. The molecule has 0 radical (unpaired) electrons. The first kappa shape index (κ1) is 18.1. The van der Waals surface area contributed by atoms with Crippen molar-refractivity contribution in [1.29, 1.82) is 0 Å². The van der Waals surface area contributed by atoms with E-state index >= 15 is 0 Å². The average molecular weight is 372 g/mol. The Morgan fingerprint density at radius 3 is 2.68 bits per heavy atom. The lowest BCUT2D eigenvalue weighted by Crippen LogP contribution is -2.26. The van der Waals surface area contributed by atoms with Gasteiger partial charge < -0.3 is 14.6 Å². The largest absolute Gasteiger partial charge is 0.497 e. The molecule has 142 valence electrons. The van der Waals surface area contributed by atoms with Crippen molar-refractivity contribution >= 4 is 27.6 Å². The lowest BCUT2D eigenvalue weighted by atomic mass is 10.1. The van der Waals surface area contributed by atoms with E-state index in [0.29, 0.717) is 13.0 Å². The van der Waals surface area contributed by atoms with Crippen LogP contribution >= 0.6 is 0 Å². The molecule has 0 spiro atoms. The van der Waals surface area contributed by atoms with Gasteiger partial charge in [-0.25, -0.2) is 0 Å². The molecule has 0 fully saturated rings. The molecule has 0 aliphatic heterocycles. The van der Waals surface area contributed by atoms with Gasteiger partial charge in [0.1, 0.15) is 5.75 Å². The number of hydrogen-bond acceptors (Lipinski definition) is 2. The maximum absolute atomic E-state index is 12.6. The minimum Gasteiger partial charge on any atom is -0.497 e. The van der Waals surface area contributed by atoms with E-state index < -0.39 is 0 Å². The van der Waals surface area contributed by atoms with Gasteiger partial charge in [0.25, 0.3) is 0 Å². The lowest BCUT2D eigenvalue weighted by Gasteiger charge is -2.17. The maximum Gasteiger partial charge on any atom is 0.222 e. The minimum absolute atomic E-state index is 0.153. The van der Waals surface area contributed by atoms with Crippen LogP contribution in [0.25, 0.3) is 21.7 Å². The number of methoxy groups -OCH3 is 1. The highest BCUT2D eigenvalue weighted by molar-refractivity contribution is 5.85. The number of para-hydroxylation sites is 1. The topological polar surface area (TPSA) is 45.3 Å². The molecule has 0 atom stereocenters. The summed E-state index contributed by atoms with van der Waals surface area (Å²) >= 11 is 0. The quantitative estimate of drug-likeness (QED) is 0.522. The van der Waals surface area contributed by atoms with Gasteiger partial charge in [-0.15, -0.1) is 0 Å². The van der Waals surface area contributed by atoms with Gasteiger partial charge in [0.05, 0.1) is 7.11 Å². The Morgan fingerprint density at radius 1 is 1.04 bits per heavy atom. The van der Waals surface area contributed by atoms with Crippen molar-refractivity contribution in [3.63, 3.8) is 0 Å². The Balaban J connectivity index is 1.40. The van der Waals surface area contributed by atoms with Gasteiger partial charge in [-0.2, -0.15) is 0 Å². The Morgan fingerprint density at radius 2 is 1.82 bits per heavy atom. The first-order valence-electron chi connectivity index (χ1n) is 9.49. The number of nitrogens with one attached hydrogen (secondary N) is 1. The number of H-pyrrole nitrogens is 1. The van der Waals surface area contributed by atoms with Crippen LogP contribution in [0.5, 0.6) is 5.75 Å². The molecule has 0 aliphatic rings. The molecule has 0 bridgehead atoms. The summed E-state index contributed by atoms with van der Waals surface area (Å²) in [4.78, 5) is 17.7. The number of rotatable bonds is 6. The number of benzene rings is 3. The molecule has 4 heteroatoms. The zero-order valence-electron chi connectivity index (χ0n) is 16.2. The number of aromatic amines is 1. The van der Waals surface area contributed by atoms with Gasteiger partial charge in [0.2, 0.25) is 5.91 Å². The first-order valence-corrected chi connectivity index (χ1v) is 9.49. The van der Waals surface area contributed by atoms with E-state index in [0.717, 1.165) is 34.0 Å². The normalized spacial score (nSPS) is 11.1. The molecular weight excluding hydrogens is 348 g/mol. The molecule has 0 saturated carbocycles. The van der Waals surface area contributed by atoms with Gasteiger partial charge >= 0.3 is 0 Å². The van der Waals surface area contributed by atoms with Crippen molar-refractivity contribution in [3.05, 3.63) is 78.0 Å². The van der Waals surface area contributed by atoms with Crippen LogP contribution in [0.4, 0.5) is 0 Å². The third-order valence-electron chi connectivity index (χ3n) is 5.24. The number of aromatic nitrogens is 1. The number of amides is 1. The predicted molar refractivity (Wildman–Crippen MR) is 114 cm³/mol. The summed E-state index contributed by atoms with van der Waals surface area (Å²) in [7, 11) is 3.54. The van der Waals surface area contributed by atoms with Crippen LogP contribution in [0.15, 0.2) is 66.9 Å². The molecule has 4 rings (SSSR count). The molecular formula is C24H24N2O2. The van der Waals surface area contributed by atoms with Crippen LogP contribution in [0, 0.1) is 0 Å². The number of hydrogen-bond donors (Lipinski definition) is 1. The maximum atomic E-state index is 12.6. The molecule has 1 amide bonds. The molecule has 0 unspecified atom stereocenters. The molecule has 4 nitrogen and oxygen atoms in total. The Kier molecular flexibility index (Phi) is 5.02. The van der Waals surface area contributed by atoms with E-state index in [1.165, 1.54) is 10.9 Å². The number of nitrogens with zero attached hydrogens (tertiary/aromatic N) is 1. The Bertz CT molecular complexity index is 1130. The predicted octanol–water partition coefficient (Wildman–Crippen LogP) is 4.92. The van der Waals surface area contributed by atoms with Gasteiger partial charge in [-0.05, 0) is 52.6 Å². The monoisotopic (exact) mass is 372 g/mol. The van der Waals surface area contributed by atoms with Crippen LogP contribution in [-0.2, 0) is 17.8 Å². The fourth-order valence-corrected chi connectivity index (χ4v) is 3.63. The molecule has 0 saturated heterocycles. The van der Waals surface area contributed by atoms with Crippen molar-refractivity contribution in [2.45, 2.75) is 19.4 Å². The summed E-state index contributed by atoms with van der Waals surface area (Å²) < 4.78 is 5.28. The third kappa shape index (κ3) is 3.72. The second-order valence-electron chi connectivity index (χ2n) is 7.16. The second-order valence-corrected chi connectivity index (χ2v) is 7.16. The summed E-state index contributed by atoms with van der Waals surface area (Å²) in [5.41, 5.74) is 3.43. The molecule has 1 aromatic heterocycles. The first-order chi connectivity index (χ1) is 13.6. The molecule has 3 aromatic carbocycles. The Labute approximate surface area is 164 Å². The van der Waals surface area contributed by atoms with Crippen molar-refractivity contribution < 1.29 is 9.53 Å². The zero-order chi connectivity index (χ0) is 19.5. The summed E-state index contributed by atoms with van der Waals surface area (Å²) in [6, 6.07) is 20.5. The fourth-order valence-electron chi connectivity index (χ4n) is 3.63. The lowest BCUT2D eigenvalue weighted by molar-refractivity contribution is -0.130. The van der Waals surface area contributed by atoms with Crippen molar-refractivity contribution in [2.75, 3.05) is 14.2 Å². The molecule has 0 aliphatic carbocycles. The SMILES string of the molecule is COc1ccc2cc(CN(C)C(=O)CCc3c[nH]c4ccccc34)ccc2c1. The summed E-state index contributed by atoms with van der Waals surface area (Å²) in [5, 5.41) is 3.48. The highest BCUT2D eigenvalue weighted by atomic mass is 16.5. The molecule has 28 heavy (non-hydrogen) atoms. The van der Waals surface area contributed by atoms with Gasteiger partial charge in [-0.3, -0.25) is 4.79 Å². The summed E-state index contributed by atoms with van der Waals surface area (Å²) in [5.74, 6) is 1.00. The van der Waals surface area contributed by atoms with Crippen LogP contribution < -0.4 is 4.74 Å². The highest BCUT2D eigenvalue weighted by Crippen LogP contribution is 2.23. The van der Waals surface area contributed by atoms with Crippen molar-refractivity contribution in [3.8, 4) is 5.75 Å². The van der Waals surface area contributed by atoms with Crippen LogP contribution in [0.3, 0.4) is 0 Å². The van der Waals surface area contributed by atoms with Crippen molar-refractivity contribution in [1.82, 2.24) is 9.88 Å². The smallest absolute Gasteiger partial charge is 0.222 e. The number of carbonyl (C=O) groups excluding carboxylic acids is 1. The standard InChI is InChI=1S/C24H24N2O2/c1-26(16-17-7-8-19-14-21(28-2)11-9-18(19)13-17)24(27)12-10-20-15-25-23-6-4-3-5-22(20)23/h3-9,11,13-15,25H,10,12,16H2,1-2H3. The number of fused-ring (bicyclic) bond motifs is 2. The van der Waals surface area contributed by atoms with E-state index in [-0.39, 0.29) is 5.91 Å². The third-order valence-corrected chi connectivity index (χ3v) is 5.24. The van der Waals surface area contributed by atoms with Gasteiger partial charge in [0, 0.05) is 37.1 Å². The highest BCUT2D eigenvalue weighted by Gasteiger charge is 2.12. The Hall–Kier alpha value is -3.27. The van der Waals surface area contributed by atoms with Crippen LogP contribution in [-0.4, -0.2) is 29.9 Å². The second kappa shape index (κ2) is 7.77. The molecule has 1 N–H and O–H groups in total. The van der Waals surface area contributed by atoms with E-state index in [1.807, 2.05) is 37.5 Å². The van der Waals surface area contributed by atoms with Crippen molar-refractivity contribution in [2.24, 2.45) is 0 Å². The molecule has 4 aromatic rings.